The molecule has 5 nitrogen and oxygen atoms in total. The van der Waals surface area contributed by atoms with Crippen molar-refractivity contribution in [3.63, 3.8) is 0 Å². The molecule has 7 heteroatoms. The van der Waals surface area contributed by atoms with Gasteiger partial charge in [0.1, 0.15) is 17.5 Å². The molecule has 0 N–H and O–H groups in total. The van der Waals surface area contributed by atoms with Gasteiger partial charge in [0.25, 0.3) is 0 Å². The molecule has 0 unspecified atom stereocenters. The number of ether oxygens (including phenoxy) is 2. The van der Waals surface area contributed by atoms with Crippen LogP contribution in [0.4, 0.5) is 9.18 Å². The fraction of sp³-hybridized carbons (Fsp3) is 0.611. The molecule has 0 spiro atoms. The summed E-state index contributed by atoms with van der Waals surface area (Å²) in [5.74, 6) is -0.579. The Labute approximate surface area is 153 Å². The van der Waals surface area contributed by atoms with E-state index in [4.69, 9.17) is 21.1 Å². The summed E-state index contributed by atoms with van der Waals surface area (Å²) in [7, 11) is 1.52. The molecule has 1 fully saturated rings. The zero-order valence-corrected chi connectivity index (χ0v) is 15.9. The molecule has 0 aromatic carbocycles. The van der Waals surface area contributed by atoms with Crippen molar-refractivity contribution in [3.8, 4) is 0 Å². The minimum Gasteiger partial charge on any atom is -0.444 e. The lowest BCUT2D eigenvalue weighted by Gasteiger charge is -2.51. The van der Waals surface area contributed by atoms with Crippen LogP contribution in [0.5, 0.6) is 0 Å². The molecule has 1 aromatic heterocycles. The van der Waals surface area contributed by atoms with Gasteiger partial charge in [-0.3, -0.25) is 4.90 Å². The highest BCUT2D eigenvalue weighted by molar-refractivity contribution is 6.29. The zero-order chi connectivity index (χ0) is 18.8. The molecule has 0 atom stereocenters. The van der Waals surface area contributed by atoms with Crippen LogP contribution in [-0.2, 0) is 14.9 Å². The lowest BCUT2D eigenvalue weighted by molar-refractivity contribution is -0.0450. The Balaban J connectivity index is 2.16. The molecule has 1 heterocycles. The number of carbonyl (C=O) groups is 1. The van der Waals surface area contributed by atoms with Gasteiger partial charge < -0.3 is 9.47 Å². The van der Waals surface area contributed by atoms with Crippen molar-refractivity contribution in [1.29, 1.82) is 0 Å². The first-order valence-electron chi connectivity index (χ1n) is 8.22. The fourth-order valence-corrected chi connectivity index (χ4v) is 3.33. The first kappa shape index (κ1) is 19.9. The lowest BCUT2D eigenvalue weighted by Crippen LogP contribution is -2.56. The highest BCUT2D eigenvalue weighted by Crippen LogP contribution is 2.49. The predicted molar refractivity (Wildman–Crippen MR) is 93.8 cm³/mol. The van der Waals surface area contributed by atoms with Crippen LogP contribution in [-0.4, -0.2) is 41.5 Å². The number of halogens is 2. The molecule has 0 aliphatic heterocycles. The number of carbonyl (C=O) groups excluding carboxylic acids is 1. The second-order valence-electron chi connectivity index (χ2n) is 7.43. The molecule has 139 valence electrons. The Kier molecular flexibility index (Phi) is 5.94. The summed E-state index contributed by atoms with van der Waals surface area (Å²) in [6.45, 7) is 9.52. The molecule has 1 amide bonds. The van der Waals surface area contributed by atoms with Crippen LogP contribution in [0, 0.1) is 12.9 Å². The van der Waals surface area contributed by atoms with Crippen LogP contribution < -0.4 is 0 Å². The molecule has 2 rings (SSSR count). The van der Waals surface area contributed by atoms with Gasteiger partial charge in [0, 0.05) is 24.1 Å². The summed E-state index contributed by atoms with van der Waals surface area (Å²) in [6.07, 6.45) is 1.20. The maximum atomic E-state index is 14.3. The SMILES string of the molecule is [CH2]CC1(c2ccc(Cl)nc2F)CC(N(COC)C(=O)OC(C)(C)C)C1. The highest BCUT2D eigenvalue weighted by Gasteiger charge is 2.49. The van der Waals surface area contributed by atoms with Gasteiger partial charge in [-0.2, -0.15) is 4.39 Å². The Morgan fingerprint density at radius 1 is 1.48 bits per heavy atom. The van der Waals surface area contributed by atoms with E-state index < -0.39 is 23.1 Å². The minimum absolute atomic E-state index is 0.105. The number of hydrogen-bond donors (Lipinski definition) is 0. The summed E-state index contributed by atoms with van der Waals surface area (Å²) in [5, 5.41) is 0.117. The lowest BCUT2D eigenvalue weighted by atomic mass is 9.60. The van der Waals surface area contributed by atoms with Crippen LogP contribution in [0.15, 0.2) is 12.1 Å². The number of methoxy groups -OCH3 is 1. The molecule has 1 radical (unpaired) electrons. The van der Waals surface area contributed by atoms with E-state index in [0.29, 0.717) is 24.8 Å². The first-order valence-corrected chi connectivity index (χ1v) is 8.60. The maximum Gasteiger partial charge on any atom is 0.412 e. The zero-order valence-electron chi connectivity index (χ0n) is 15.1. The van der Waals surface area contributed by atoms with Crippen molar-refractivity contribution in [1.82, 2.24) is 9.88 Å². The van der Waals surface area contributed by atoms with Crippen molar-refractivity contribution in [2.45, 2.75) is 57.1 Å². The van der Waals surface area contributed by atoms with E-state index in [9.17, 15) is 9.18 Å². The fourth-order valence-electron chi connectivity index (χ4n) is 3.20. The Hall–Kier alpha value is -1.40. The summed E-state index contributed by atoms with van der Waals surface area (Å²) in [5.41, 5.74) is -0.562. The quantitative estimate of drug-likeness (QED) is 0.570. The van der Waals surface area contributed by atoms with Crippen molar-refractivity contribution >= 4 is 17.7 Å². The summed E-state index contributed by atoms with van der Waals surface area (Å²) in [6, 6.07) is 3.12. The second kappa shape index (κ2) is 7.46. The molecule has 1 saturated carbocycles. The van der Waals surface area contributed by atoms with Crippen LogP contribution in [0.1, 0.15) is 45.6 Å². The van der Waals surface area contributed by atoms with Crippen LogP contribution in [0.3, 0.4) is 0 Å². The van der Waals surface area contributed by atoms with Gasteiger partial charge in [-0.25, -0.2) is 9.78 Å². The average molecular weight is 372 g/mol. The van der Waals surface area contributed by atoms with E-state index in [1.54, 1.807) is 17.0 Å². The molecular weight excluding hydrogens is 347 g/mol. The summed E-state index contributed by atoms with van der Waals surface area (Å²) < 4.78 is 24.9. The first-order chi connectivity index (χ1) is 11.6. The highest BCUT2D eigenvalue weighted by atomic mass is 35.5. The molecular formula is C18H25ClFN2O3. The summed E-state index contributed by atoms with van der Waals surface area (Å²) in [4.78, 5) is 17.7. The molecule has 25 heavy (non-hydrogen) atoms. The monoisotopic (exact) mass is 371 g/mol. The van der Waals surface area contributed by atoms with E-state index in [0.717, 1.165) is 0 Å². The maximum absolute atomic E-state index is 14.3. The van der Waals surface area contributed by atoms with E-state index in [1.807, 2.05) is 20.8 Å². The molecule has 1 aliphatic carbocycles. The van der Waals surface area contributed by atoms with Gasteiger partial charge in [0.2, 0.25) is 5.95 Å². The minimum atomic E-state index is -0.595. The normalized spacial score (nSPS) is 23.1. The van der Waals surface area contributed by atoms with E-state index in [-0.39, 0.29) is 17.9 Å². The number of pyridine rings is 1. The predicted octanol–water partition coefficient (Wildman–Crippen LogP) is 4.34. The largest absolute Gasteiger partial charge is 0.444 e. The Morgan fingerprint density at radius 2 is 2.12 bits per heavy atom. The number of hydrogen-bond acceptors (Lipinski definition) is 4. The third-order valence-corrected chi connectivity index (χ3v) is 4.66. The van der Waals surface area contributed by atoms with Crippen molar-refractivity contribution in [3.05, 3.63) is 35.7 Å². The molecule has 0 saturated heterocycles. The Morgan fingerprint density at radius 3 is 2.60 bits per heavy atom. The molecule has 1 aromatic rings. The second-order valence-corrected chi connectivity index (χ2v) is 7.82. The van der Waals surface area contributed by atoms with Crippen molar-refractivity contribution < 1.29 is 18.7 Å². The van der Waals surface area contributed by atoms with Crippen molar-refractivity contribution in [2.24, 2.45) is 0 Å². The van der Waals surface area contributed by atoms with Gasteiger partial charge >= 0.3 is 6.09 Å². The van der Waals surface area contributed by atoms with Gasteiger partial charge in [0.05, 0.1) is 0 Å². The van der Waals surface area contributed by atoms with Gasteiger partial charge in [0.15, 0.2) is 0 Å². The van der Waals surface area contributed by atoms with Gasteiger partial charge in [-0.1, -0.05) is 24.6 Å². The van der Waals surface area contributed by atoms with Crippen LogP contribution in [0.25, 0.3) is 0 Å². The number of nitrogens with zero attached hydrogens (tertiary/aromatic N) is 2. The van der Waals surface area contributed by atoms with Crippen molar-refractivity contribution in [2.75, 3.05) is 13.8 Å². The number of amides is 1. The third kappa shape index (κ3) is 4.42. The van der Waals surface area contributed by atoms with Gasteiger partial charge in [-0.15, -0.1) is 0 Å². The van der Waals surface area contributed by atoms with E-state index in [2.05, 4.69) is 11.9 Å². The third-order valence-electron chi connectivity index (χ3n) is 4.45. The Bertz CT molecular complexity index is 627. The standard InChI is InChI=1S/C18H25ClFN2O3/c1-6-18(13-7-8-14(19)21-15(13)20)9-12(10-18)22(11-24-5)16(23)25-17(2,3)4/h7-8,12H,1,6,9-11H2,2-5H3. The number of rotatable bonds is 5. The van der Waals surface area contributed by atoms with Crippen LogP contribution >= 0.6 is 11.6 Å². The molecule has 1 aliphatic rings. The van der Waals surface area contributed by atoms with E-state index >= 15 is 0 Å². The van der Waals surface area contributed by atoms with Crippen LogP contribution in [0.2, 0.25) is 5.15 Å². The smallest absolute Gasteiger partial charge is 0.412 e. The topological polar surface area (TPSA) is 51.7 Å². The van der Waals surface area contributed by atoms with E-state index in [1.165, 1.54) is 7.11 Å². The number of aromatic nitrogens is 1. The van der Waals surface area contributed by atoms with Gasteiger partial charge in [-0.05, 0) is 46.1 Å². The molecule has 0 bridgehead atoms. The average Bonchev–Trinajstić information content (AvgIpc) is 2.45. The summed E-state index contributed by atoms with van der Waals surface area (Å²) >= 11 is 5.74.